The van der Waals surface area contributed by atoms with Crippen LogP contribution < -0.4 is 10.1 Å². The predicted octanol–water partition coefficient (Wildman–Crippen LogP) is 0.667. The summed E-state index contributed by atoms with van der Waals surface area (Å²) >= 11 is 0. The van der Waals surface area contributed by atoms with Gasteiger partial charge in [-0.25, -0.2) is 0 Å². The van der Waals surface area contributed by atoms with Crippen LogP contribution in [0.2, 0.25) is 0 Å². The second-order valence-corrected chi connectivity index (χ2v) is 4.22. The van der Waals surface area contributed by atoms with Crippen molar-refractivity contribution in [1.29, 1.82) is 0 Å². The molecule has 2 rings (SSSR count). The summed E-state index contributed by atoms with van der Waals surface area (Å²) in [4.78, 5) is 24.6. The number of hydrogen-bond donors (Lipinski definition) is 1. The molecule has 2 amide bonds. The zero-order valence-electron chi connectivity index (χ0n) is 10.8. The zero-order valence-corrected chi connectivity index (χ0v) is 10.8. The van der Waals surface area contributed by atoms with Gasteiger partial charge in [-0.15, -0.1) is 0 Å². The SMILES string of the molecule is COc1ccc(C=CC(=O)N2CCNC(=O)C2)cc1. The lowest BCUT2D eigenvalue weighted by molar-refractivity contribution is -0.134. The van der Waals surface area contributed by atoms with Gasteiger partial charge in [-0.3, -0.25) is 9.59 Å². The van der Waals surface area contributed by atoms with E-state index in [1.807, 2.05) is 24.3 Å². The van der Waals surface area contributed by atoms with E-state index >= 15 is 0 Å². The van der Waals surface area contributed by atoms with Crippen LogP contribution in [-0.4, -0.2) is 43.5 Å². The number of carbonyl (C=O) groups is 2. The molecule has 1 saturated heterocycles. The van der Waals surface area contributed by atoms with E-state index < -0.39 is 0 Å². The highest BCUT2D eigenvalue weighted by Gasteiger charge is 2.18. The Morgan fingerprint density at radius 2 is 2.11 bits per heavy atom. The van der Waals surface area contributed by atoms with Crippen LogP contribution in [0.4, 0.5) is 0 Å². The summed E-state index contributed by atoms with van der Waals surface area (Å²) in [7, 11) is 1.61. The Kier molecular flexibility index (Phi) is 4.18. The van der Waals surface area contributed by atoms with Crippen molar-refractivity contribution < 1.29 is 14.3 Å². The highest BCUT2D eigenvalue weighted by molar-refractivity contribution is 5.94. The standard InChI is InChI=1S/C14H16N2O3/c1-19-12-5-2-11(3-6-12)4-7-14(18)16-9-8-15-13(17)10-16/h2-7H,8-10H2,1H3,(H,15,17). The van der Waals surface area contributed by atoms with E-state index in [4.69, 9.17) is 4.74 Å². The van der Waals surface area contributed by atoms with Crippen LogP contribution >= 0.6 is 0 Å². The van der Waals surface area contributed by atoms with Gasteiger partial charge in [-0.05, 0) is 23.8 Å². The van der Waals surface area contributed by atoms with Gasteiger partial charge in [0, 0.05) is 19.2 Å². The molecular weight excluding hydrogens is 244 g/mol. The number of nitrogens with one attached hydrogen (secondary N) is 1. The summed E-state index contributed by atoms with van der Waals surface area (Å²) in [6.45, 7) is 1.20. The summed E-state index contributed by atoms with van der Waals surface area (Å²) in [6, 6.07) is 7.40. The monoisotopic (exact) mass is 260 g/mol. The van der Waals surface area contributed by atoms with Gasteiger partial charge in [0.2, 0.25) is 11.8 Å². The first-order valence-electron chi connectivity index (χ1n) is 6.07. The van der Waals surface area contributed by atoms with Crippen LogP contribution in [-0.2, 0) is 9.59 Å². The highest BCUT2D eigenvalue weighted by Crippen LogP contribution is 2.12. The van der Waals surface area contributed by atoms with Crippen molar-refractivity contribution >= 4 is 17.9 Å². The minimum atomic E-state index is -0.148. The summed E-state index contributed by atoms with van der Waals surface area (Å²) in [5.74, 6) is 0.513. The fourth-order valence-corrected chi connectivity index (χ4v) is 1.81. The van der Waals surface area contributed by atoms with Crippen molar-refractivity contribution in [2.24, 2.45) is 0 Å². The van der Waals surface area contributed by atoms with Crippen LogP contribution in [0.25, 0.3) is 6.08 Å². The quantitative estimate of drug-likeness (QED) is 0.812. The third-order valence-corrected chi connectivity index (χ3v) is 2.88. The number of nitrogens with zero attached hydrogens (tertiary/aromatic N) is 1. The number of amides is 2. The molecule has 1 aromatic rings. The molecular formula is C14H16N2O3. The van der Waals surface area contributed by atoms with Crippen molar-refractivity contribution in [2.45, 2.75) is 0 Å². The Hall–Kier alpha value is -2.30. The summed E-state index contributed by atoms with van der Waals surface area (Å²) < 4.78 is 5.06. The Bertz CT molecular complexity index is 494. The molecule has 0 atom stereocenters. The summed E-state index contributed by atoms with van der Waals surface area (Å²) in [5.41, 5.74) is 0.913. The molecule has 0 unspecified atom stereocenters. The second-order valence-electron chi connectivity index (χ2n) is 4.22. The van der Waals surface area contributed by atoms with Crippen molar-refractivity contribution in [1.82, 2.24) is 10.2 Å². The molecule has 0 aliphatic carbocycles. The van der Waals surface area contributed by atoms with Gasteiger partial charge in [0.15, 0.2) is 0 Å². The molecule has 0 spiro atoms. The number of piperazine rings is 1. The number of ether oxygens (including phenoxy) is 1. The van der Waals surface area contributed by atoms with Crippen LogP contribution in [0, 0.1) is 0 Å². The average Bonchev–Trinajstić information content (AvgIpc) is 2.45. The molecule has 0 aromatic heterocycles. The van der Waals surface area contributed by atoms with Crippen LogP contribution in [0.1, 0.15) is 5.56 Å². The smallest absolute Gasteiger partial charge is 0.247 e. The second kappa shape index (κ2) is 6.04. The fourth-order valence-electron chi connectivity index (χ4n) is 1.81. The first-order valence-corrected chi connectivity index (χ1v) is 6.07. The molecule has 5 heteroatoms. The number of rotatable bonds is 3. The maximum Gasteiger partial charge on any atom is 0.247 e. The van der Waals surface area contributed by atoms with Gasteiger partial charge < -0.3 is 15.0 Å². The van der Waals surface area contributed by atoms with Gasteiger partial charge in [-0.2, -0.15) is 0 Å². The molecule has 1 aliphatic rings. The normalized spacial score (nSPS) is 15.4. The van der Waals surface area contributed by atoms with Crippen molar-refractivity contribution in [3.8, 4) is 5.75 Å². The first kappa shape index (κ1) is 13.1. The largest absolute Gasteiger partial charge is 0.497 e. The molecule has 1 aliphatic heterocycles. The van der Waals surface area contributed by atoms with Gasteiger partial charge >= 0.3 is 0 Å². The van der Waals surface area contributed by atoms with Crippen molar-refractivity contribution in [3.63, 3.8) is 0 Å². The minimum Gasteiger partial charge on any atom is -0.497 e. The van der Waals surface area contributed by atoms with Gasteiger partial charge in [0.05, 0.1) is 13.7 Å². The van der Waals surface area contributed by atoms with E-state index in [0.717, 1.165) is 11.3 Å². The van der Waals surface area contributed by atoms with E-state index in [1.165, 1.54) is 11.0 Å². The Morgan fingerprint density at radius 1 is 1.37 bits per heavy atom. The first-order chi connectivity index (χ1) is 9.19. The molecule has 19 heavy (non-hydrogen) atoms. The lowest BCUT2D eigenvalue weighted by Crippen LogP contribution is -2.49. The van der Waals surface area contributed by atoms with Crippen LogP contribution in [0.5, 0.6) is 5.75 Å². The fraction of sp³-hybridized carbons (Fsp3) is 0.286. The van der Waals surface area contributed by atoms with E-state index in [0.29, 0.717) is 13.1 Å². The molecule has 5 nitrogen and oxygen atoms in total. The van der Waals surface area contributed by atoms with E-state index in [2.05, 4.69) is 5.32 Å². The van der Waals surface area contributed by atoms with Gasteiger partial charge in [-0.1, -0.05) is 12.1 Å². The number of benzene rings is 1. The maximum atomic E-state index is 11.9. The molecule has 1 fully saturated rings. The van der Waals surface area contributed by atoms with Crippen molar-refractivity contribution in [2.75, 3.05) is 26.7 Å². The topological polar surface area (TPSA) is 58.6 Å². The number of carbonyl (C=O) groups excluding carboxylic acids is 2. The Balaban J connectivity index is 1.96. The molecule has 1 N–H and O–H groups in total. The molecule has 1 aromatic carbocycles. The molecule has 0 saturated carbocycles. The third-order valence-electron chi connectivity index (χ3n) is 2.88. The lowest BCUT2D eigenvalue weighted by Gasteiger charge is -2.25. The maximum absolute atomic E-state index is 11.9. The molecule has 0 bridgehead atoms. The predicted molar refractivity (Wildman–Crippen MR) is 71.6 cm³/mol. The molecule has 0 radical (unpaired) electrons. The summed E-state index contributed by atoms with van der Waals surface area (Å²) in [6.07, 6.45) is 3.22. The molecule has 1 heterocycles. The number of methoxy groups -OCH3 is 1. The van der Waals surface area contributed by atoms with Crippen molar-refractivity contribution in [3.05, 3.63) is 35.9 Å². The molecule has 100 valence electrons. The van der Waals surface area contributed by atoms with Crippen LogP contribution in [0.15, 0.2) is 30.3 Å². The average molecular weight is 260 g/mol. The van der Waals surface area contributed by atoms with E-state index in [-0.39, 0.29) is 18.4 Å². The van der Waals surface area contributed by atoms with E-state index in [1.54, 1.807) is 13.2 Å². The Morgan fingerprint density at radius 3 is 2.74 bits per heavy atom. The van der Waals surface area contributed by atoms with E-state index in [9.17, 15) is 9.59 Å². The number of hydrogen-bond acceptors (Lipinski definition) is 3. The Labute approximate surface area is 111 Å². The zero-order chi connectivity index (χ0) is 13.7. The highest BCUT2D eigenvalue weighted by atomic mass is 16.5. The lowest BCUT2D eigenvalue weighted by atomic mass is 10.2. The third kappa shape index (κ3) is 3.58. The van der Waals surface area contributed by atoms with Crippen LogP contribution in [0.3, 0.4) is 0 Å². The van der Waals surface area contributed by atoms with Gasteiger partial charge in [0.25, 0.3) is 0 Å². The van der Waals surface area contributed by atoms with Gasteiger partial charge in [0.1, 0.15) is 5.75 Å². The minimum absolute atomic E-state index is 0.113. The summed E-state index contributed by atoms with van der Waals surface area (Å²) in [5, 5.41) is 2.68.